The van der Waals surface area contributed by atoms with Crippen LogP contribution in [0, 0.1) is 0 Å². The monoisotopic (exact) mass is 250 g/mol. The highest BCUT2D eigenvalue weighted by Gasteiger charge is 2.16. The summed E-state index contributed by atoms with van der Waals surface area (Å²) in [4.78, 5) is 21.8. The highest BCUT2D eigenvalue weighted by atomic mass is 16.7. The summed E-state index contributed by atoms with van der Waals surface area (Å²) >= 11 is 0. The third-order valence-corrected chi connectivity index (χ3v) is 1.97. The van der Waals surface area contributed by atoms with E-state index in [1.54, 1.807) is 31.2 Å². The van der Waals surface area contributed by atoms with Gasteiger partial charge >= 0.3 is 11.9 Å². The molecule has 96 valence electrons. The lowest BCUT2D eigenvalue weighted by Gasteiger charge is -2.15. The van der Waals surface area contributed by atoms with E-state index < -0.39 is 24.6 Å². The number of carbonyl (C=O) groups excluding carboxylic acids is 1. The van der Waals surface area contributed by atoms with E-state index >= 15 is 0 Å². The molecular weight excluding hydrogens is 236 g/mol. The number of carbonyl (C=O) groups is 2. The van der Waals surface area contributed by atoms with E-state index in [4.69, 9.17) is 14.6 Å². The van der Waals surface area contributed by atoms with Crippen molar-refractivity contribution in [1.82, 2.24) is 0 Å². The lowest BCUT2D eigenvalue weighted by Crippen LogP contribution is -2.22. The average molecular weight is 250 g/mol. The normalized spacial score (nSPS) is 11.4. The first-order chi connectivity index (χ1) is 8.49. The average Bonchev–Trinajstić information content (AvgIpc) is 2.29. The fourth-order valence-electron chi connectivity index (χ4n) is 1.20. The maximum absolute atomic E-state index is 11.4. The molecule has 1 N–H and O–H groups in total. The molecule has 5 heteroatoms. The van der Waals surface area contributed by atoms with E-state index in [-0.39, 0.29) is 5.57 Å². The largest absolute Gasteiger partial charge is 0.481 e. The van der Waals surface area contributed by atoms with Crippen molar-refractivity contribution in [3.63, 3.8) is 0 Å². The third-order valence-electron chi connectivity index (χ3n) is 1.97. The van der Waals surface area contributed by atoms with Crippen LogP contribution < -0.4 is 4.74 Å². The van der Waals surface area contributed by atoms with Gasteiger partial charge in [-0.05, 0) is 12.1 Å². The van der Waals surface area contributed by atoms with E-state index in [0.717, 1.165) is 0 Å². The fraction of sp³-hybridized carbons (Fsp3) is 0.231. The summed E-state index contributed by atoms with van der Waals surface area (Å²) < 4.78 is 10.2. The van der Waals surface area contributed by atoms with Crippen LogP contribution in [0.4, 0.5) is 0 Å². The first kappa shape index (κ1) is 13.8. The van der Waals surface area contributed by atoms with Crippen LogP contribution in [0.5, 0.6) is 5.75 Å². The van der Waals surface area contributed by atoms with Gasteiger partial charge in [0.1, 0.15) is 5.75 Å². The van der Waals surface area contributed by atoms with Crippen molar-refractivity contribution >= 4 is 11.9 Å². The smallest absolute Gasteiger partial charge is 0.337 e. The van der Waals surface area contributed by atoms with Crippen LogP contribution in [0.2, 0.25) is 0 Å². The van der Waals surface area contributed by atoms with Crippen molar-refractivity contribution in [2.24, 2.45) is 0 Å². The minimum absolute atomic E-state index is 0.119. The summed E-state index contributed by atoms with van der Waals surface area (Å²) in [5, 5.41) is 8.50. The van der Waals surface area contributed by atoms with Gasteiger partial charge in [0.15, 0.2) is 0 Å². The number of ether oxygens (including phenoxy) is 2. The Morgan fingerprint density at radius 2 is 1.94 bits per heavy atom. The van der Waals surface area contributed by atoms with Gasteiger partial charge in [0.25, 0.3) is 0 Å². The van der Waals surface area contributed by atoms with Gasteiger partial charge in [-0.2, -0.15) is 0 Å². The molecule has 0 heterocycles. The van der Waals surface area contributed by atoms with Crippen LogP contribution in [0.15, 0.2) is 42.5 Å². The number of esters is 1. The predicted octanol–water partition coefficient (Wildman–Crippen LogP) is 1.99. The SMILES string of the molecule is C=C(CC(=O)O)C(=O)OC(C)Oc1ccccc1. The molecule has 0 aliphatic rings. The molecule has 0 fully saturated rings. The molecule has 0 aliphatic heterocycles. The van der Waals surface area contributed by atoms with Gasteiger partial charge in [-0.25, -0.2) is 4.79 Å². The van der Waals surface area contributed by atoms with Crippen molar-refractivity contribution in [2.75, 3.05) is 0 Å². The zero-order valence-electron chi connectivity index (χ0n) is 9.96. The minimum Gasteiger partial charge on any atom is -0.481 e. The summed E-state index contributed by atoms with van der Waals surface area (Å²) in [5.41, 5.74) is -0.119. The number of carboxylic acids is 1. The molecule has 18 heavy (non-hydrogen) atoms. The minimum atomic E-state index is -1.13. The molecule has 0 amide bonds. The number of hydrogen-bond acceptors (Lipinski definition) is 4. The van der Waals surface area contributed by atoms with Gasteiger partial charge in [-0.3, -0.25) is 4.79 Å². The second kappa shape index (κ2) is 6.44. The van der Waals surface area contributed by atoms with E-state index in [0.29, 0.717) is 5.75 Å². The molecule has 1 aromatic carbocycles. The molecule has 0 spiro atoms. The van der Waals surface area contributed by atoms with Gasteiger partial charge in [0.2, 0.25) is 6.29 Å². The van der Waals surface area contributed by atoms with E-state index in [9.17, 15) is 9.59 Å². The van der Waals surface area contributed by atoms with Crippen molar-refractivity contribution in [2.45, 2.75) is 19.6 Å². The van der Waals surface area contributed by atoms with E-state index in [1.807, 2.05) is 6.07 Å². The van der Waals surface area contributed by atoms with E-state index in [2.05, 4.69) is 6.58 Å². The van der Waals surface area contributed by atoms with Gasteiger partial charge in [0, 0.05) is 12.5 Å². The maximum Gasteiger partial charge on any atom is 0.337 e. The van der Waals surface area contributed by atoms with Crippen LogP contribution in [-0.4, -0.2) is 23.3 Å². The highest BCUT2D eigenvalue weighted by molar-refractivity contribution is 5.92. The number of benzene rings is 1. The fourth-order valence-corrected chi connectivity index (χ4v) is 1.20. The van der Waals surface area contributed by atoms with Crippen molar-refractivity contribution in [3.05, 3.63) is 42.5 Å². The Bertz CT molecular complexity index is 438. The number of para-hydroxylation sites is 1. The molecule has 0 saturated carbocycles. The van der Waals surface area contributed by atoms with Gasteiger partial charge in [-0.15, -0.1) is 0 Å². The molecule has 0 aliphatic carbocycles. The second-order valence-corrected chi connectivity index (χ2v) is 3.58. The molecule has 1 rings (SSSR count). The van der Waals surface area contributed by atoms with E-state index in [1.165, 1.54) is 0 Å². The summed E-state index contributed by atoms with van der Waals surface area (Å²) in [6.07, 6.45) is -1.26. The molecule has 0 radical (unpaired) electrons. The highest BCUT2D eigenvalue weighted by Crippen LogP contribution is 2.12. The Morgan fingerprint density at radius 3 is 2.50 bits per heavy atom. The lowest BCUT2D eigenvalue weighted by atomic mass is 10.2. The third kappa shape index (κ3) is 4.69. The molecule has 1 aromatic rings. The molecule has 1 atom stereocenters. The van der Waals surface area contributed by atoms with Crippen molar-refractivity contribution in [1.29, 1.82) is 0 Å². The lowest BCUT2D eigenvalue weighted by molar-refractivity contribution is -0.157. The summed E-state index contributed by atoms with van der Waals surface area (Å²) in [6.45, 7) is 4.88. The number of hydrogen-bond donors (Lipinski definition) is 1. The van der Waals surface area contributed by atoms with Crippen LogP contribution in [0.25, 0.3) is 0 Å². The summed E-state index contributed by atoms with van der Waals surface area (Å²) in [5.74, 6) is -1.35. The Labute approximate surface area is 105 Å². The van der Waals surface area contributed by atoms with Crippen molar-refractivity contribution < 1.29 is 24.2 Å². The van der Waals surface area contributed by atoms with Gasteiger partial charge < -0.3 is 14.6 Å². The topological polar surface area (TPSA) is 72.8 Å². The molecule has 1 unspecified atom stereocenters. The zero-order valence-corrected chi connectivity index (χ0v) is 9.96. The Balaban J connectivity index is 2.45. The molecule has 5 nitrogen and oxygen atoms in total. The molecule has 0 bridgehead atoms. The number of carboxylic acid groups (broad SMARTS) is 1. The molecule has 0 aromatic heterocycles. The quantitative estimate of drug-likeness (QED) is 0.475. The predicted molar refractivity (Wildman–Crippen MR) is 64.0 cm³/mol. The maximum atomic E-state index is 11.4. The van der Waals surface area contributed by atoms with Crippen molar-refractivity contribution in [3.8, 4) is 5.75 Å². The van der Waals surface area contributed by atoms with Crippen LogP contribution in [-0.2, 0) is 14.3 Å². The summed E-state index contributed by atoms with van der Waals surface area (Å²) in [7, 11) is 0. The second-order valence-electron chi connectivity index (χ2n) is 3.58. The molecular formula is C13H14O5. The Morgan fingerprint density at radius 1 is 1.33 bits per heavy atom. The van der Waals surface area contributed by atoms with Crippen LogP contribution >= 0.6 is 0 Å². The van der Waals surface area contributed by atoms with Crippen LogP contribution in [0.1, 0.15) is 13.3 Å². The van der Waals surface area contributed by atoms with Crippen LogP contribution in [0.3, 0.4) is 0 Å². The molecule has 0 saturated heterocycles. The van der Waals surface area contributed by atoms with Gasteiger partial charge in [0.05, 0.1) is 6.42 Å². The van der Waals surface area contributed by atoms with Gasteiger partial charge in [-0.1, -0.05) is 24.8 Å². The zero-order chi connectivity index (χ0) is 13.5. The Hall–Kier alpha value is -2.30. The first-order valence-electron chi connectivity index (χ1n) is 5.31. The Kier molecular flexibility index (Phi) is 4.92. The first-order valence-corrected chi connectivity index (χ1v) is 5.31. The standard InChI is InChI=1S/C13H14O5/c1-9(8-12(14)15)13(16)18-10(2)17-11-6-4-3-5-7-11/h3-7,10H,1,8H2,2H3,(H,14,15). The number of aliphatic carboxylic acids is 1. The summed E-state index contributed by atoms with van der Waals surface area (Å²) in [6, 6.07) is 8.84. The number of rotatable bonds is 6.